The molecule has 0 amide bonds. The lowest BCUT2D eigenvalue weighted by Gasteiger charge is -2.02. The van der Waals surface area contributed by atoms with Crippen LogP contribution in [0.3, 0.4) is 0 Å². The Hall–Kier alpha value is -2.96. The first-order valence-corrected chi connectivity index (χ1v) is 7.44. The fraction of sp³-hybridized carbons (Fsp3) is 0.250. The summed E-state index contributed by atoms with van der Waals surface area (Å²) in [7, 11) is 0. The van der Waals surface area contributed by atoms with Crippen molar-refractivity contribution in [2.75, 3.05) is 0 Å². The average Bonchev–Trinajstić information content (AvgIpc) is 3.11. The van der Waals surface area contributed by atoms with Crippen LogP contribution < -0.4 is 5.56 Å². The third kappa shape index (κ3) is 2.12. The number of furan rings is 1. The molecule has 0 atom stereocenters. The van der Waals surface area contributed by atoms with Gasteiger partial charge in [0.2, 0.25) is 5.58 Å². The molecule has 0 fully saturated rings. The summed E-state index contributed by atoms with van der Waals surface area (Å²) in [6.45, 7) is 4.87. The van der Waals surface area contributed by atoms with Crippen LogP contribution in [0.2, 0.25) is 0 Å². The van der Waals surface area contributed by atoms with E-state index >= 15 is 0 Å². The minimum atomic E-state index is -0.211. The summed E-state index contributed by atoms with van der Waals surface area (Å²) in [5.74, 6) is 0. The lowest BCUT2D eigenvalue weighted by atomic mass is 10.2. The number of rotatable bonds is 3. The van der Waals surface area contributed by atoms with Crippen LogP contribution in [-0.4, -0.2) is 24.5 Å². The SMILES string of the molecule is CCn1nc(C)c(Cn2cnc3c(oc4ccccc43)c2=O)n1. The van der Waals surface area contributed by atoms with E-state index in [-0.39, 0.29) is 11.1 Å². The van der Waals surface area contributed by atoms with Crippen LogP contribution in [0.1, 0.15) is 18.3 Å². The van der Waals surface area contributed by atoms with E-state index in [0.29, 0.717) is 24.2 Å². The summed E-state index contributed by atoms with van der Waals surface area (Å²) >= 11 is 0. The van der Waals surface area contributed by atoms with E-state index in [1.54, 1.807) is 4.80 Å². The van der Waals surface area contributed by atoms with Gasteiger partial charge >= 0.3 is 0 Å². The highest BCUT2D eigenvalue weighted by Crippen LogP contribution is 2.24. The largest absolute Gasteiger partial charge is 0.448 e. The molecular weight excluding hydrogens is 294 g/mol. The molecule has 0 saturated carbocycles. The Morgan fingerprint density at radius 2 is 2.04 bits per heavy atom. The molecule has 1 aromatic carbocycles. The van der Waals surface area contributed by atoms with Gasteiger partial charge in [-0.2, -0.15) is 15.0 Å². The Morgan fingerprint density at radius 3 is 2.83 bits per heavy atom. The molecule has 116 valence electrons. The molecule has 0 aliphatic heterocycles. The van der Waals surface area contributed by atoms with E-state index in [2.05, 4.69) is 15.2 Å². The van der Waals surface area contributed by atoms with Gasteiger partial charge in [0.05, 0.1) is 25.1 Å². The maximum atomic E-state index is 12.7. The number of nitrogens with zero attached hydrogens (tertiary/aromatic N) is 5. The van der Waals surface area contributed by atoms with Crippen LogP contribution in [0.4, 0.5) is 0 Å². The van der Waals surface area contributed by atoms with E-state index in [1.165, 1.54) is 10.9 Å². The van der Waals surface area contributed by atoms with Gasteiger partial charge in [-0.1, -0.05) is 12.1 Å². The van der Waals surface area contributed by atoms with Crippen molar-refractivity contribution in [1.29, 1.82) is 0 Å². The molecule has 0 aliphatic carbocycles. The summed E-state index contributed by atoms with van der Waals surface area (Å²) in [4.78, 5) is 18.7. The molecule has 0 unspecified atom stereocenters. The molecule has 7 nitrogen and oxygen atoms in total. The molecule has 0 N–H and O–H groups in total. The molecule has 0 aliphatic rings. The van der Waals surface area contributed by atoms with Crippen molar-refractivity contribution in [1.82, 2.24) is 24.5 Å². The second-order valence-corrected chi connectivity index (χ2v) is 5.37. The van der Waals surface area contributed by atoms with Crippen molar-refractivity contribution in [2.24, 2.45) is 0 Å². The quantitative estimate of drug-likeness (QED) is 0.579. The molecule has 7 heteroatoms. The molecule has 3 heterocycles. The van der Waals surface area contributed by atoms with Crippen LogP contribution in [0, 0.1) is 6.92 Å². The summed E-state index contributed by atoms with van der Waals surface area (Å²) < 4.78 is 7.18. The van der Waals surface area contributed by atoms with Crippen molar-refractivity contribution in [2.45, 2.75) is 26.9 Å². The number of benzene rings is 1. The van der Waals surface area contributed by atoms with Crippen LogP contribution in [0.5, 0.6) is 0 Å². The monoisotopic (exact) mass is 309 g/mol. The maximum absolute atomic E-state index is 12.7. The predicted octanol–water partition coefficient (Wildman–Crippen LogP) is 2.11. The zero-order chi connectivity index (χ0) is 16.0. The van der Waals surface area contributed by atoms with Gasteiger partial charge < -0.3 is 4.42 Å². The Labute approximate surface area is 131 Å². The van der Waals surface area contributed by atoms with Crippen LogP contribution in [0.25, 0.3) is 22.1 Å². The minimum Gasteiger partial charge on any atom is -0.448 e. The predicted molar refractivity (Wildman–Crippen MR) is 85.3 cm³/mol. The summed E-state index contributed by atoms with van der Waals surface area (Å²) in [5, 5.41) is 9.52. The number of aromatic nitrogens is 5. The number of aryl methyl sites for hydroxylation is 2. The van der Waals surface area contributed by atoms with Crippen molar-refractivity contribution < 1.29 is 4.42 Å². The zero-order valence-corrected chi connectivity index (χ0v) is 12.9. The van der Waals surface area contributed by atoms with E-state index in [4.69, 9.17) is 4.42 Å². The highest BCUT2D eigenvalue weighted by molar-refractivity contribution is 6.01. The topological polar surface area (TPSA) is 78.7 Å². The van der Waals surface area contributed by atoms with Gasteiger partial charge in [-0.3, -0.25) is 9.36 Å². The third-order valence-electron chi connectivity index (χ3n) is 3.87. The van der Waals surface area contributed by atoms with Gasteiger partial charge in [-0.25, -0.2) is 4.98 Å². The van der Waals surface area contributed by atoms with Crippen molar-refractivity contribution in [3.05, 3.63) is 52.3 Å². The van der Waals surface area contributed by atoms with Gasteiger partial charge in [-0.15, -0.1) is 0 Å². The molecule has 3 aromatic heterocycles. The second-order valence-electron chi connectivity index (χ2n) is 5.37. The van der Waals surface area contributed by atoms with Crippen LogP contribution in [0.15, 0.2) is 39.8 Å². The maximum Gasteiger partial charge on any atom is 0.297 e. The standard InChI is InChI=1S/C16H15N5O2/c1-3-21-18-10(2)12(19-21)8-20-9-17-14-11-6-4-5-7-13(11)23-15(14)16(20)22/h4-7,9H,3,8H2,1-2H3. The zero-order valence-electron chi connectivity index (χ0n) is 12.9. The third-order valence-corrected chi connectivity index (χ3v) is 3.87. The van der Waals surface area contributed by atoms with E-state index < -0.39 is 0 Å². The minimum absolute atomic E-state index is 0.211. The average molecular weight is 309 g/mol. The second kappa shape index (κ2) is 5.05. The van der Waals surface area contributed by atoms with Gasteiger partial charge in [0.1, 0.15) is 16.8 Å². The summed E-state index contributed by atoms with van der Waals surface area (Å²) in [6, 6.07) is 7.50. The molecule has 4 rings (SSSR count). The lowest BCUT2D eigenvalue weighted by molar-refractivity contribution is 0.557. The first-order valence-electron chi connectivity index (χ1n) is 7.44. The van der Waals surface area contributed by atoms with Gasteiger partial charge in [0.25, 0.3) is 5.56 Å². The Morgan fingerprint density at radius 1 is 1.22 bits per heavy atom. The van der Waals surface area contributed by atoms with Crippen molar-refractivity contribution >= 4 is 22.1 Å². The summed E-state index contributed by atoms with van der Waals surface area (Å²) in [5.41, 5.74) is 2.88. The van der Waals surface area contributed by atoms with E-state index in [1.807, 2.05) is 38.1 Å². The normalized spacial score (nSPS) is 11.6. The van der Waals surface area contributed by atoms with Gasteiger partial charge in [0, 0.05) is 5.39 Å². The highest BCUT2D eigenvalue weighted by Gasteiger charge is 2.14. The first-order chi connectivity index (χ1) is 11.2. The molecule has 0 bridgehead atoms. The molecule has 0 radical (unpaired) electrons. The van der Waals surface area contributed by atoms with Gasteiger partial charge in [-0.05, 0) is 26.0 Å². The molecule has 0 saturated heterocycles. The Balaban J connectivity index is 1.84. The van der Waals surface area contributed by atoms with E-state index in [0.717, 1.165) is 16.8 Å². The molecule has 4 aromatic rings. The fourth-order valence-electron chi connectivity index (χ4n) is 2.64. The van der Waals surface area contributed by atoms with E-state index in [9.17, 15) is 4.79 Å². The molecule has 0 spiro atoms. The fourth-order valence-corrected chi connectivity index (χ4v) is 2.64. The Kier molecular flexibility index (Phi) is 3.00. The molecule has 23 heavy (non-hydrogen) atoms. The molecular formula is C16H15N5O2. The smallest absolute Gasteiger partial charge is 0.297 e. The van der Waals surface area contributed by atoms with Crippen LogP contribution in [-0.2, 0) is 13.1 Å². The van der Waals surface area contributed by atoms with Crippen molar-refractivity contribution in [3.63, 3.8) is 0 Å². The van der Waals surface area contributed by atoms with Crippen molar-refractivity contribution in [3.8, 4) is 0 Å². The first kappa shape index (κ1) is 13.7. The lowest BCUT2D eigenvalue weighted by Crippen LogP contribution is -2.21. The number of hydrogen-bond acceptors (Lipinski definition) is 5. The Bertz CT molecular complexity index is 1070. The number of fused-ring (bicyclic) bond motifs is 3. The summed E-state index contributed by atoms with van der Waals surface area (Å²) in [6.07, 6.45) is 1.54. The number of para-hydroxylation sites is 1. The highest BCUT2D eigenvalue weighted by atomic mass is 16.3. The van der Waals surface area contributed by atoms with Gasteiger partial charge in [0.15, 0.2) is 0 Å². The number of hydrogen-bond donors (Lipinski definition) is 0. The van der Waals surface area contributed by atoms with Crippen LogP contribution >= 0.6 is 0 Å².